The van der Waals surface area contributed by atoms with E-state index in [0.29, 0.717) is 13.0 Å². The molecule has 1 aliphatic heterocycles. The predicted octanol–water partition coefficient (Wildman–Crippen LogP) is 2.64. The summed E-state index contributed by atoms with van der Waals surface area (Å²) in [6, 6.07) is 13.9. The maximum atomic E-state index is 13.2. The molecule has 0 radical (unpaired) electrons. The van der Waals surface area contributed by atoms with E-state index >= 15 is 0 Å². The lowest BCUT2D eigenvalue weighted by Crippen LogP contribution is -2.43. The fourth-order valence-corrected chi connectivity index (χ4v) is 3.42. The first-order valence-corrected chi connectivity index (χ1v) is 8.61. The minimum absolute atomic E-state index is 0.155. The van der Waals surface area contributed by atoms with Crippen LogP contribution in [0.1, 0.15) is 29.9 Å². The monoisotopic (exact) mass is 324 g/mol. The number of hydrogen-bond acceptors (Lipinski definition) is 3. The smallest absolute Gasteiger partial charge is 0.230 e. The Labute approximate surface area is 143 Å². The molecule has 1 fully saturated rings. The summed E-state index contributed by atoms with van der Waals surface area (Å²) in [4.78, 5) is 19.3. The number of nitrogens with zero attached hydrogens (tertiary/aromatic N) is 2. The lowest BCUT2D eigenvalue weighted by atomic mass is 9.89. The van der Waals surface area contributed by atoms with Gasteiger partial charge in [-0.1, -0.05) is 36.4 Å². The van der Waals surface area contributed by atoms with E-state index in [4.69, 9.17) is 0 Å². The second-order valence-electron chi connectivity index (χ2n) is 6.50. The summed E-state index contributed by atoms with van der Waals surface area (Å²) in [5.74, 6) is 0.161. The van der Waals surface area contributed by atoms with E-state index in [1.165, 1.54) is 0 Å². The maximum Gasteiger partial charge on any atom is 0.230 e. The average molecular weight is 324 g/mol. The van der Waals surface area contributed by atoms with Gasteiger partial charge in [-0.25, -0.2) is 0 Å². The van der Waals surface area contributed by atoms with Crippen LogP contribution in [0, 0.1) is 5.92 Å². The fourth-order valence-electron chi connectivity index (χ4n) is 3.42. The molecule has 1 aliphatic rings. The maximum absolute atomic E-state index is 13.2. The van der Waals surface area contributed by atoms with Crippen molar-refractivity contribution in [3.8, 4) is 0 Å². The average Bonchev–Trinajstić information content (AvgIpc) is 2.67. The molecule has 2 unspecified atom stereocenters. The molecule has 1 saturated heterocycles. The third-order valence-corrected chi connectivity index (χ3v) is 4.75. The van der Waals surface area contributed by atoms with Crippen LogP contribution in [0.25, 0.3) is 0 Å². The van der Waals surface area contributed by atoms with Crippen molar-refractivity contribution in [1.29, 1.82) is 0 Å². The lowest BCUT2D eigenvalue weighted by Gasteiger charge is -2.34. The highest BCUT2D eigenvalue weighted by Gasteiger charge is 2.29. The highest BCUT2D eigenvalue weighted by molar-refractivity contribution is 5.84. The summed E-state index contributed by atoms with van der Waals surface area (Å²) in [7, 11) is 0. The first-order valence-electron chi connectivity index (χ1n) is 8.61. The van der Waals surface area contributed by atoms with Crippen LogP contribution in [-0.4, -0.2) is 40.6 Å². The summed E-state index contributed by atoms with van der Waals surface area (Å²) < 4.78 is 0. The van der Waals surface area contributed by atoms with Crippen molar-refractivity contribution >= 4 is 5.91 Å². The van der Waals surface area contributed by atoms with Gasteiger partial charge in [-0.05, 0) is 42.4 Å². The molecule has 1 N–H and O–H groups in total. The fraction of sp³-hybridized carbons (Fsp3) is 0.400. The van der Waals surface area contributed by atoms with Crippen LogP contribution < -0.4 is 0 Å². The van der Waals surface area contributed by atoms with Gasteiger partial charge in [-0.3, -0.25) is 9.78 Å². The Morgan fingerprint density at radius 3 is 2.79 bits per heavy atom. The number of pyridine rings is 1. The van der Waals surface area contributed by atoms with Gasteiger partial charge < -0.3 is 10.0 Å². The third-order valence-electron chi connectivity index (χ3n) is 4.75. The molecule has 4 nitrogen and oxygen atoms in total. The summed E-state index contributed by atoms with van der Waals surface area (Å²) in [6.07, 6.45) is 6.19. The molecule has 24 heavy (non-hydrogen) atoms. The summed E-state index contributed by atoms with van der Waals surface area (Å²) >= 11 is 0. The quantitative estimate of drug-likeness (QED) is 0.920. The van der Waals surface area contributed by atoms with Crippen LogP contribution in [0.4, 0.5) is 0 Å². The van der Waals surface area contributed by atoms with Crippen LogP contribution in [0.5, 0.6) is 0 Å². The van der Waals surface area contributed by atoms with Crippen molar-refractivity contribution in [3.63, 3.8) is 0 Å². The summed E-state index contributed by atoms with van der Waals surface area (Å²) in [5, 5.41) is 9.44. The first kappa shape index (κ1) is 16.7. The predicted molar refractivity (Wildman–Crippen MR) is 93.5 cm³/mol. The Kier molecular flexibility index (Phi) is 5.59. The standard InChI is InChI=1S/C20H24N2O2/c23-15-17-7-5-11-22(14-17)20(24)19(18-8-2-1-3-9-18)12-16-6-4-10-21-13-16/h1-4,6,8-10,13,17,19,23H,5,7,11-12,14-15H2. The van der Waals surface area contributed by atoms with E-state index in [9.17, 15) is 9.90 Å². The minimum Gasteiger partial charge on any atom is -0.396 e. The van der Waals surface area contributed by atoms with E-state index in [2.05, 4.69) is 4.98 Å². The highest BCUT2D eigenvalue weighted by Crippen LogP contribution is 2.26. The number of hydrogen-bond donors (Lipinski definition) is 1. The Bertz CT molecular complexity index is 645. The van der Waals surface area contributed by atoms with Crippen molar-refractivity contribution in [2.24, 2.45) is 5.92 Å². The van der Waals surface area contributed by atoms with Crippen LogP contribution >= 0.6 is 0 Å². The van der Waals surface area contributed by atoms with Crippen molar-refractivity contribution in [2.45, 2.75) is 25.2 Å². The highest BCUT2D eigenvalue weighted by atomic mass is 16.3. The van der Waals surface area contributed by atoms with E-state index < -0.39 is 0 Å². The second kappa shape index (κ2) is 8.06. The van der Waals surface area contributed by atoms with Gasteiger partial charge in [0.25, 0.3) is 0 Å². The zero-order chi connectivity index (χ0) is 16.8. The molecule has 2 atom stereocenters. The van der Waals surface area contributed by atoms with Gasteiger partial charge in [0.2, 0.25) is 5.91 Å². The van der Waals surface area contributed by atoms with Crippen LogP contribution in [0.3, 0.4) is 0 Å². The minimum atomic E-state index is -0.201. The van der Waals surface area contributed by atoms with Crippen molar-refractivity contribution < 1.29 is 9.90 Å². The van der Waals surface area contributed by atoms with Crippen molar-refractivity contribution in [1.82, 2.24) is 9.88 Å². The number of aromatic nitrogens is 1. The Balaban J connectivity index is 1.82. The van der Waals surface area contributed by atoms with Gasteiger partial charge in [0.15, 0.2) is 0 Å². The van der Waals surface area contributed by atoms with Gasteiger partial charge in [0.1, 0.15) is 0 Å². The zero-order valence-corrected chi connectivity index (χ0v) is 13.8. The van der Waals surface area contributed by atoms with E-state index in [-0.39, 0.29) is 24.3 Å². The summed E-state index contributed by atoms with van der Waals surface area (Å²) in [5.41, 5.74) is 2.10. The van der Waals surface area contributed by atoms with E-state index in [1.807, 2.05) is 53.6 Å². The third kappa shape index (κ3) is 4.01. The normalized spacial score (nSPS) is 19.0. The lowest BCUT2D eigenvalue weighted by molar-refractivity contribution is -0.135. The number of likely N-dealkylation sites (tertiary alicyclic amines) is 1. The number of piperidine rings is 1. The Morgan fingerprint density at radius 1 is 1.25 bits per heavy atom. The van der Waals surface area contributed by atoms with Crippen LogP contribution in [-0.2, 0) is 11.2 Å². The molecule has 1 aromatic heterocycles. The van der Waals surface area contributed by atoms with E-state index in [0.717, 1.165) is 30.5 Å². The largest absolute Gasteiger partial charge is 0.396 e. The molecule has 0 spiro atoms. The van der Waals surface area contributed by atoms with Gasteiger partial charge in [0, 0.05) is 32.1 Å². The molecule has 2 heterocycles. The molecule has 2 aromatic rings. The summed E-state index contributed by atoms with van der Waals surface area (Å²) in [6.45, 7) is 1.60. The number of carbonyl (C=O) groups excluding carboxylic acids is 1. The number of aliphatic hydroxyl groups is 1. The van der Waals surface area contributed by atoms with Gasteiger partial charge in [-0.15, -0.1) is 0 Å². The number of amides is 1. The number of aliphatic hydroxyl groups excluding tert-OH is 1. The topological polar surface area (TPSA) is 53.4 Å². The number of carbonyl (C=O) groups is 1. The second-order valence-corrected chi connectivity index (χ2v) is 6.50. The van der Waals surface area contributed by atoms with Crippen LogP contribution in [0.2, 0.25) is 0 Å². The van der Waals surface area contributed by atoms with Crippen LogP contribution in [0.15, 0.2) is 54.9 Å². The molecule has 4 heteroatoms. The molecule has 1 amide bonds. The van der Waals surface area contributed by atoms with Crippen molar-refractivity contribution in [3.05, 3.63) is 66.0 Å². The van der Waals surface area contributed by atoms with Gasteiger partial charge in [-0.2, -0.15) is 0 Å². The molecule has 0 aliphatic carbocycles. The number of benzene rings is 1. The molecular weight excluding hydrogens is 300 g/mol. The van der Waals surface area contributed by atoms with Gasteiger partial charge in [0.05, 0.1) is 5.92 Å². The number of rotatable bonds is 5. The molecule has 1 aromatic carbocycles. The molecule has 0 saturated carbocycles. The molecule has 3 rings (SSSR count). The van der Waals surface area contributed by atoms with E-state index in [1.54, 1.807) is 6.20 Å². The van der Waals surface area contributed by atoms with Gasteiger partial charge >= 0.3 is 0 Å². The Morgan fingerprint density at radius 2 is 2.08 bits per heavy atom. The zero-order valence-electron chi connectivity index (χ0n) is 13.8. The first-order chi connectivity index (χ1) is 11.8. The molecule has 126 valence electrons. The molecular formula is C20H24N2O2. The Hall–Kier alpha value is -2.20. The molecule has 0 bridgehead atoms. The SMILES string of the molecule is O=C(C(Cc1cccnc1)c1ccccc1)N1CCCC(CO)C1. The van der Waals surface area contributed by atoms with Crippen molar-refractivity contribution in [2.75, 3.05) is 19.7 Å².